The highest BCUT2D eigenvalue weighted by Gasteiger charge is 2.18. The molecule has 218 valence electrons. The number of aromatic nitrogens is 1. The molecule has 0 fully saturated rings. The maximum Gasteiger partial charge on any atom is 0.0346 e. The van der Waals surface area contributed by atoms with Crippen LogP contribution in [0.2, 0.25) is 0 Å². The number of benzene rings is 7. The molecule has 0 bridgehead atoms. The Labute approximate surface area is 269 Å². The first kappa shape index (κ1) is 26.7. The van der Waals surface area contributed by atoms with Crippen LogP contribution in [-0.2, 0) is 0 Å². The highest BCUT2D eigenvalue weighted by Crippen LogP contribution is 2.45. The van der Waals surface area contributed by atoms with Crippen molar-refractivity contribution in [1.29, 1.82) is 0 Å². The van der Waals surface area contributed by atoms with Gasteiger partial charge in [-0.15, -0.1) is 0 Å². The first-order chi connectivity index (χ1) is 22.8. The van der Waals surface area contributed by atoms with Gasteiger partial charge >= 0.3 is 0 Å². The predicted octanol–water partition coefficient (Wildman–Crippen LogP) is 11.2. The smallest absolute Gasteiger partial charge is 0.0346 e. The lowest BCUT2D eigenvalue weighted by atomic mass is 9.84. The molecule has 1 unspecified atom stereocenters. The van der Waals surface area contributed by atoms with Crippen molar-refractivity contribution in [3.05, 3.63) is 164 Å². The summed E-state index contributed by atoms with van der Waals surface area (Å²) in [6.07, 6.45) is 9.13. The molecule has 0 aliphatic carbocycles. The molecule has 2 heteroatoms. The van der Waals surface area contributed by atoms with Crippen LogP contribution in [0.4, 0.5) is 0 Å². The zero-order valence-corrected chi connectivity index (χ0v) is 25.4. The second kappa shape index (κ2) is 11.0. The van der Waals surface area contributed by atoms with Gasteiger partial charge in [-0.3, -0.25) is 4.98 Å². The molecule has 7 aromatic carbocycles. The van der Waals surface area contributed by atoms with Crippen LogP contribution in [-0.4, -0.2) is 11.5 Å². The Morgan fingerprint density at radius 2 is 1.15 bits per heavy atom. The van der Waals surface area contributed by atoms with Crippen molar-refractivity contribution in [2.75, 3.05) is 6.54 Å². The maximum atomic E-state index is 4.33. The fourth-order valence-corrected chi connectivity index (χ4v) is 7.36. The van der Waals surface area contributed by atoms with Crippen LogP contribution in [0, 0.1) is 0 Å². The third-order valence-corrected chi connectivity index (χ3v) is 9.73. The van der Waals surface area contributed by atoms with Gasteiger partial charge in [0.25, 0.3) is 0 Å². The third-order valence-electron chi connectivity index (χ3n) is 9.73. The van der Waals surface area contributed by atoms with Gasteiger partial charge < -0.3 is 5.32 Å². The second-order valence-electron chi connectivity index (χ2n) is 12.4. The molecule has 2 heterocycles. The fourth-order valence-electron chi connectivity index (χ4n) is 7.36. The van der Waals surface area contributed by atoms with Crippen LogP contribution in [0.25, 0.3) is 76.8 Å². The van der Waals surface area contributed by atoms with Crippen molar-refractivity contribution < 1.29 is 0 Å². The third kappa shape index (κ3) is 4.53. The van der Waals surface area contributed by atoms with Crippen molar-refractivity contribution in [3.63, 3.8) is 0 Å². The quantitative estimate of drug-likeness (QED) is 0.202. The number of nitrogens with zero attached hydrogens (tertiary/aromatic N) is 1. The van der Waals surface area contributed by atoms with Crippen LogP contribution >= 0.6 is 0 Å². The molecule has 1 aliphatic heterocycles. The van der Waals surface area contributed by atoms with Gasteiger partial charge in [0.1, 0.15) is 0 Å². The van der Waals surface area contributed by atoms with Crippen molar-refractivity contribution in [2.45, 2.75) is 12.3 Å². The normalized spacial score (nSPS) is 14.7. The molecular weight excluding hydrogens is 556 g/mol. The number of rotatable bonds is 5. The van der Waals surface area contributed by atoms with Gasteiger partial charge in [0.15, 0.2) is 0 Å². The first-order valence-electron chi connectivity index (χ1n) is 16.1. The summed E-state index contributed by atoms with van der Waals surface area (Å²) in [5.74, 6) is 0.508. The van der Waals surface area contributed by atoms with Crippen molar-refractivity contribution in [1.82, 2.24) is 10.3 Å². The largest absolute Gasteiger partial charge is 0.391 e. The Kier molecular flexibility index (Phi) is 6.38. The lowest BCUT2D eigenvalue weighted by Crippen LogP contribution is -2.19. The van der Waals surface area contributed by atoms with Crippen molar-refractivity contribution >= 4 is 32.3 Å². The van der Waals surface area contributed by atoms with Gasteiger partial charge in [-0.05, 0) is 119 Å². The average molecular weight is 589 g/mol. The Morgan fingerprint density at radius 3 is 1.78 bits per heavy atom. The topological polar surface area (TPSA) is 24.9 Å². The molecular formula is C44H32N2. The Bertz CT molecular complexity index is 2340. The Morgan fingerprint density at radius 1 is 0.522 bits per heavy atom. The Hall–Kier alpha value is -5.73. The van der Waals surface area contributed by atoms with E-state index >= 15 is 0 Å². The molecule has 46 heavy (non-hydrogen) atoms. The molecule has 1 N–H and O–H groups in total. The molecule has 0 saturated carbocycles. The number of allylic oxidation sites excluding steroid dienone is 1. The molecule has 9 rings (SSSR count). The number of nitrogens with one attached hydrogen (secondary N) is 1. The lowest BCUT2D eigenvalue weighted by Gasteiger charge is -2.21. The van der Waals surface area contributed by atoms with Gasteiger partial charge in [-0.25, -0.2) is 0 Å². The minimum atomic E-state index is 0.508. The van der Waals surface area contributed by atoms with Crippen LogP contribution in [0.1, 0.15) is 17.9 Å². The minimum Gasteiger partial charge on any atom is -0.391 e. The zero-order valence-electron chi connectivity index (χ0n) is 25.4. The fraction of sp³-hybridized carbons (Fsp3) is 0.0682. The monoisotopic (exact) mass is 588 g/mol. The standard InChI is InChI=1S/C44H32N2/c1-2-6-29(7-3-1)38-24-34-18-20-39-41(32-14-10-30(11-15-32)36-8-4-22-45-27-36)26-42(40-21-19-35(25-38)43(34)44(39)40)33-16-12-31(13-17-33)37-9-5-23-46-28-37/h1-8,10-27,37,46H,9,28H2. The second-order valence-corrected chi connectivity index (χ2v) is 12.4. The maximum absolute atomic E-state index is 4.33. The van der Waals surface area contributed by atoms with E-state index in [0.29, 0.717) is 5.92 Å². The Balaban J connectivity index is 1.26. The van der Waals surface area contributed by atoms with E-state index in [1.54, 1.807) is 0 Å². The van der Waals surface area contributed by atoms with Gasteiger partial charge in [-0.1, -0.05) is 115 Å². The van der Waals surface area contributed by atoms with E-state index in [-0.39, 0.29) is 0 Å². The summed E-state index contributed by atoms with van der Waals surface area (Å²) >= 11 is 0. The molecule has 0 amide bonds. The summed E-state index contributed by atoms with van der Waals surface area (Å²) in [5, 5.41) is 11.2. The van der Waals surface area contributed by atoms with Gasteiger partial charge in [0.2, 0.25) is 0 Å². The summed E-state index contributed by atoms with van der Waals surface area (Å²) in [7, 11) is 0. The zero-order chi connectivity index (χ0) is 30.5. The van der Waals surface area contributed by atoms with Crippen molar-refractivity contribution in [2.24, 2.45) is 0 Å². The van der Waals surface area contributed by atoms with Crippen LogP contribution < -0.4 is 5.32 Å². The summed E-state index contributed by atoms with van der Waals surface area (Å²) in [6.45, 7) is 0.985. The summed E-state index contributed by atoms with van der Waals surface area (Å²) < 4.78 is 0. The van der Waals surface area contributed by atoms with E-state index in [2.05, 4.69) is 150 Å². The molecule has 8 aromatic rings. The van der Waals surface area contributed by atoms with Crippen molar-refractivity contribution in [3.8, 4) is 44.5 Å². The highest BCUT2D eigenvalue weighted by molar-refractivity contribution is 6.28. The molecule has 0 spiro atoms. The molecule has 1 aromatic heterocycles. The summed E-state index contributed by atoms with van der Waals surface area (Å²) in [6, 6.07) is 49.5. The first-order valence-corrected chi connectivity index (χ1v) is 16.1. The number of pyridine rings is 1. The SMILES string of the molecule is C1=CNCC(c2ccc(-c3cc(-c4ccc(-c5cccnc5)cc4)c4ccc5cc(-c6ccccc6)cc6ccc3c4c56)cc2)C1. The van der Waals surface area contributed by atoms with Gasteiger partial charge in [0.05, 0.1) is 0 Å². The molecule has 2 nitrogen and oxygen atoms in total. The number of hydrogen-bond acceptors (Lipinski definition) is 2. The molecule has 1 aliphatic rings. The van der Waals surface area contributed by atoms with Gasteiger partial charge in [-0.2, -0.15) is 0 Å². The van der Waals surface area contributed by atoms with Gasteiger partial charge in [0, 0.05) is 24.9 Å². The van der Waals surface area contributed by atoms with E-state index in [0.717, 1.165) is 18.5 Å². The van der Waals surface area contributed by atoms with E-state index in [1.165, 1.54) is 76.8 Å². The predicted molar refractivity (Wildman–Crippen MR) is 194 cm³/mol. The lowest BCUT2D eigenvalue weighted by molar-refractivity contribution is 0.626. The molecule has 0 saturated heterocycles. The van der Waals surface area contributed by atoms with E-state index in [9.17, 15) is 0 Å². The average Bonchev–Trinajstić information content (AvgIpc) is 3.14. The summed E-state index contributed by atoms with van der Waals surface area (Å²) in [4.78, 5) is 4.33. The summed E-state index contributed by atoms with van der Waals surface area (Å²) in [5.41, 5.74) is 11.2. The van der Waals surface area contributed by atoms with E-state index in [1.807, 2.05) is 18.5 Å². The van der Waals surface area contributed by atoms with Crippen LogP contribution in [0.15, 0.2) is 158 Å². The molecule has 1 atom stereocenters. The number of hydrogen-bond donors (Lipinski definition) is 1. The van der Waals surface area contributed by atoms with E-state index in [4.69, 9.17) is 0 Å². The van der Waals surface area contributed by atoms with Crippen LogP contribution in [0.3, 0.4) is 0 Å². The minimum absolute atomic E-state index is 0.508. The highest BCUT2D eigenvalue weighted by atomic mass is 14.8. The van der Waals surface area contributed by atoms with Crippen LogP contribution in [0.5, 0.6) is 0 Å². The van der Waals surface area contributed by atoms with E-state index < -0.39 is 0 Å². The molecule has 0 radical (unpaired) electrons.